The van der Waals surface area contributed by atoms with Crippen LogP contribution >= 0.6 is 11.3 Å². The van der Waals surface area contributed by atoms with Crippen LogP contribution in [0.5, 0.6) is 11.5 Å². The van der Waals surface area contributed by atoms with Gasteiger partial charge in [-0.05, 0) is 25.1 Å². The molecule has 0 bridgehead atoms. The molecule has 0 radical (unpaired) electrons. The maximum Gasteiger partial charge on any atom is 0.140 e. The standard InChI is InChI=1S/C15H14O2S/c1-9-4-5-14-11(6-9)12-7-10(16-2)8-13(17-3)15(12)18-14/h4-8H,1-3H3. The summed E-state index contributed by atoms with van der Waals surface area (Å²) in [6.45, 7) is 2.11. The number of ether oxygens (including phenoxy) is 2. The molecule has 0 aliphatic heterocycles. The first kappa shape index (κ1) is 11.4. The molecule has 0 N–H and O–H groups in total. The molecule has 1 aromatic heterocycles. The number of benzene rings is 2. The lowest BCUT2D eigenvalue weighted by Crippen LogP contribution is -1.86. The predicted octanol–water partition coefficient (Wildman–Crippen LogP) is 4.38. The highest BCUT2D eigenvalue weighted by molar-refractivity contribution is 7.26. The van der Waals surface area contributed by atoms with E-state index >= 15 is 0 Å². The van der Waals surface area contributed by atoms with Crippen molar-refractivity contribution in [3.63, 3.8) is 0 Å². The summed E-state index contributed by atoms with van der Waals surface area (Å²) in [6.07, 6.45) is 0. The van der Waals surface area contributed by atoms with Gasteiger partial charge in [0.15, 0.2) is 0 Å². The largest absolute Gasteiger partial charge is 0.497 e. The molecule has 3 heteroatoms. The van der Waals surface area contributed by atoms with Crippen molar-refractivity contribution in [2.24, 2.45) is 0 Å². The van der Waals surface area contributed by atoms with Crippen LogP contribution in [0, 0.1) is 6.92 Å². The lowest BCUT2D eigenvalue weighted by atomic mass is 10.1. The summed E-state index contributed by atoms with van der Waals surface area (Å²) in [6, 6.07) is 10.5. The summed E-state index contributed by atoms with van der Waals surface area (Å²) in [4.78, 5) is 0. The highest BCUT2D eigenvalue weighted by Crippen LogP contribution is 2.41. The van der Waals surface area contributed by atoms with Gasteiger partial charge in [0.25, 0.3) is 0 Å². The van der Waals surface area contributed by atoms with Crippen molar-refractivity contribution in [3.05, 3.63) is 35.9 Å². The number of aryl methyl sites for hydroxylation is 1. The Kier molecular flexibility index (Phi) is 2.63. The Hall–Kier alpha value is -1.74. The second kappa shape index (κ2) is 4.18. The van der Waals surface area contributed by atoms with Gasteiger partial charge in [0.1, 0.15) is 11.5 Å². The fourth-order valence-electron chi connectivity index (χ4n) is 2.21. The van der Waals surface area contributed by atoms with Gasteiger partial charge >= 0.3 is 0 Å². The van der Waals surface area contributed by atoms with Crippen molar-refractivity contribution in [1.29, 1.82) is 0 Å². The lowest BCUT2D eigenvalue weighted by Gasteiger charge is -2.05. The Labute approximate surface area is 110 Å². The molecule has 2 aromatic carbocycles. The molecule has 1 heterocycles. The smallest absolute Gasteiger partial charge is 0.140 e. The number of fused-ring (bicyclic) bond motifs is 3. The summed E-state index contributed by atoms with van der Waals surface area (Å²) < 4.78 is 13.3. The number of rotatable bonds is 2. The van der Waals surface area contributed by atoms with E-state index < -0.39 is 0 Å². The topological polar surface area (TPSA) is 18.5 Å². The van der Waals surface area contributed by atoms with Gasteiger partial charge in [0, 0.05) is 21.5 Å². The molecule has 0 unspecified atom stereocenters. The zero-order chi connectivity index (χ0) is 12.7. The molecule has 0 atom stereocenters. The zero-order valence-corrected chi connectivity index (χ0v) is 11.4. The fraction of sp³-hybridized carbons (Fsp3) is 0.200. The van der Waals surface area contributed by atoms with Crippen LogP contribution in [0.3, 0.4) is 0 Å². The molecule has 0 saturated heterocycles. The van der Waals surface area contributed by atoms with Gasteiger partial charge in [-0.25, -0.2) is 0 Å². The molecule has 0 fully saturated rings. The van der Waals surface area contributed by atoms with E-state index in [0.29, 0.717) is 0 Å². The predicted molar refractivity (Wildman–Crippen MR) is 77.2 cm³/mol. The first-order chi connectivity index (χ1) is 8.72. The van der Waals surface area contributed by atoms with Crippen molar-refractivity contribution in [1.82, 2.24) is 0 Å². The first-order valence-electron chi connectivity index (χ1n) is 5.78. The van der Waals surface area contributed by atoms with Gasteiger partial charge in [-0.15, -0.1) is 11.3 Å². The van der Waals surface area contributed by atoms with Gasteiger partial charge in [0.05, 0.1) is 18.9 Å². The minimum atomic E-state index is 0.834. The molecule has 18 heavy (non-hydrogen) atoms. The van der Waals surface area contributed by atoms with E-state index in [-0.39, 0.29) is 0 Å². The molecule has 3 rings (SSSR count). The van der Waals surface area contributed by atoms with E-state index in [1.54, 1.807) is 25.6 Å². The van der Waals surface area contributed by atoms with E-state index in [1.165, 1.54) is 25.7 Å². The van der Waals surface area contributed by atoms with Crippen LogP contribution in [0.15, 0.2) is 30.3 Å². The van der Waals surface area contributed by atoms with E-state index in [9.17, 15) is 0 Å². The van der Waals surface area contributed by atoms with Gasteiger partial charge in [-0.3, -0.25) is 0 Å². The molecule has 92 valence electrons. The van der Waals surface area contributed by atoms with Crippen LogP contribution in [-0.4, -0.2) is 14.2 Å². The van der Waals surface area contributed by atoms with Crippen LogP contribution in [0.25, 0.3) is 20.2 Å². The second-order valence-electron chi connectivity index (χ2n) is 4.31. The Balaban J connectivity index is 2.46. The fourth-order valence-corrected chi connectivity index (χ4v) is 3.36. The third kappa shape index (κ3) is 1.63. The van der Waals surface area contributed by atoms with Crippen molar-refractivity contribution >= 4 is 31.5 Å². The van der Waals surface area contributed by atoms with E-state index in [4.69, 9.17) is 9.47 Å². The van der Waals surface area contributed by atoms with Crippen molar-refractivity contribution in [3.8, 4) is 11.5 Å². The number of methoxy groups -OCH3 is 2. The zero-order valence-electron chi connectivity index (χ0n) is 10.6. The summed E-state index contributed by atoms with van der Waals surface area (Å²) >= 11 is 1.76. The average molecular weight is 258 g/mol. The molecule has 0 amide bonds. The maximum atomic E-state index is 5.46. The summed E-state index contributed by atoms with van der Waals surface area (Å²) in [5, 5.41) is 2.47. The number of hydrogen-bond donors (Lipinski definition) is 0. The SMILES string of the molecule is COc1cc(OC)c2sc3ccc(C)cc3c2c1. The lowest BCUT2D eigenvalue weighted by molar-refractivity contribution is 0.398. The molecule has 0 aliphatic carbocycles. The first-order valence-corrected chi connectivity index (χ1v) is 6.59. The molecule has 0 saturated carbocycles. The Bertz CT molecular complexity index is 728. The van der Waals surface area contributed by atoms with Crippen molar-refractivity contribution in [2.75, 3.05) is 14.2 Å². The van der Waals surface area contributed by atoms with Gasteiger partial charge < -0.3 is 9.47 Å². The van der Waals surface area contributed by atoms with Gasteiger partial charge in [-0.1, -0.05) is 11.6 Å². The van der Waals surface area contributed by atoms with Gasteiger partial charge in [0.2, 0.25) is 0 Å². The molecule has 3 aromatic rings. The van der Waals surface area contributed by atoms with Crippen molar-refractivity contribution in [2.45, 2.75) is 6.92 Å². The van der Waals surface area contributed by atoms with Crippen LogP contribution < -0.4 is 9.47 Å². The third-order valence-corrected chi connectivity index (χ3v) is 4.32. The molecule has 0 spiro atoms. The minimum Gasteiger partial charge on any atom is -0.497 e. The third-order valence-electron chi connectivity index (χ3n) is 3.12. The van der Waals surface area contributed by atoms with Crippen LogP contribution in [-0.2, 0) is 0 Å². The highest BCUT2D eigenvalue weighted by atomic mass is 32.1. The average Bonchev–Trinajstić information content (AvgIpc) is 2.75. The normalized spacial score (nSPS) is 11.1. The molecule has 0 aliphatic rings. The number of thiophene rings is 1. The van der Waals surface area contributed by atoms with E-state index in [1.807, 2.05) is 6.07 Å². The second-order valence-corrected chi connectivity index (χ2v) is 5.36. The molecular weight excluding hydrogens is 244 g/mol. The number of hydrogen-bond acceptors (Lipinski definition) is 3. The Morgan fingerprint density at radius 1 is 0.944 bits per heavy atom. The minimum absolute atomic E-state index is 0.834. The highest BCUT2D eigenvalue weighted by Gasteiger charge is 2.11. The van der Waals surface area contributed by atoms with Crippen LogP contribution in [0.4, 0.5) is 0 Å². The van der Waals surface area contributed by atoms with Crippen molar-refractivity contribution < 1.29 is 9.47 Å². The monoisotopic (exact) mass is 258 g/mol. The molecular formula is C15H14O2S. The van der Waals surface area contributed by atoms with E-state index in [2.05, 4.69) is 31.2 Å². The summed E-state index contributed by atoms with van der Waals surface area (Å²) in [7, 11) is 3.38. The summed E-state index contributed by atoms with van der Waals surface area (Å²) in [5.41, 5.74) is 1.27. The Morgan fingerprint density at radius 2 is 1.78 bits per heavy atom. The Morgan fingerprint density at radius 3 is 2.50 bits per heavy atom. The quantitative estimate of drug-likeness (QED) is 0.679. The van der Waals surface area contributed by atoms with E-state index in [0.717, 1.165) is 11.5 Å². The maximum absolute atomic E-state index is 5.46. The van der Waals surface area contributed by atoms with Gasteiger partial charge in [-0.2, -0.15) is 0 Å². The van der Waals surface area contributed by atoms with Crippen LogP contribution in [0.2, 0.25) is 0 Å². The summed E-state index contributed by atoms with van der Waals surface area (Å²) in [5.74, 6) is 1.71. The van der Waals surface area contributed by atoms with Crippen LogP contribution in [0.1, 0.15) is 5.56 Å². The molecule has 2 nitrogen and oxygen atoms in total.